The molecule has 0 aliphatic carbocycles. The summed E-state index contributed by atoms with van der Waals surface area (Å²) in [4.78, 5) is 26.4. The number of carbonyl (C=O) groups is 2. The molecule has 35 heavy (non-hydrogen) atoms. The molecule has 3 aromatic carbocycles. The molecule has 5 rings (SSSR count). The number of anilines is 1. The lowest BCUT2D eigenvalue weighted by molar-refractivity contribution is -0.117. The number of carbonyl (C=O) groups excluding carboxylic acids is 2. The van der Waals surface area contributed by atoms with Crippen molar-refractivity contribution in [2.75, 3.05) is 5.32 Å². The van der Waals surface area contributed by atoms with E-state index in [9.17, 15) is 14.9 Å². The number of hydrogen-bond donors (Lipinski definition) is 1. The van der Waals surface area contributed by atoms with Crippen LogP contribution >= 0.6 is 0 Å². The third-order valence-corrected chi connectivity index (χ3v) is 5.95. The van der Waals surface area contributed by atoms with Gasteiger partial charge in [0, 0.05) is 16.8 Å². The number of nitriles is 1. The Morgan fingerprint density at radius 2 is 1.74 bits per heavy atom. The maximum atomic E-state index is 13.6. The zero-order chi connectivity index (χ0) is 24.5. The summed E-state index contributed by atoms with van der Waals surface area (Å²) in [5.74, 6) is -2.18. The van der Waals surface area contributed by atoms with Gasteiger partial charge in [-0.05, 0) is 55.3 Å². The van der Waals surface area contributed by atoms with Crippen LogP contribution in [0.3, 0.4) is 0 Å². The van der Waals surface area contributed by atoms with Crippen molar-refractivity contribution in [3.63, 3.8) is 0 Å². The number of rotatable bonds is 5. The Morgan fingerprint density at radius 1 is 1.06 bits per heavy atom. The van der Waals surface area contributed by atoms with Gasteiger partial charge in [-0.3, -0.25) is 9.59 Å². The summed E-state index contributed by atoms with van der Waals surface area (Å²) in [6.45, 7) is 4.08. The average molecular weight is 463 g/mol. The summed E-state index contributed by atoms with van der Waals surface area (Å²) < 4.78 is 7.76. The standard InChI is InChI=1S/C28H22N4O3/c1-17-13-18(2)27-21(14-17)25-23(16-35-27)24(31-32(25)20-11-7-4-8-12-20)26(33)22(15-29)28(34)30-19-9-5-3-6-10-19/h3-14,22H,16H2,1-2H3,(H,30,34). The van der Waals surface area contributed by atoms with Crippen molar-refractivity contribution in [3.05, 3.63) is 95.2 Å². The Hall–Kier alpha value is -4.70. The van der Waals surface area contributed by atoms with Crippen molar-refractivity contribution in [3.8, 4) is 28.8 Å². The van der Waals surface area contributed by atoms with E-state index in [-0.39, 0.29) is 12.3 Å². The first-order chi connectivity index (χ1) is 17.0. The van der Waals surface area contributed by atoms with E-state index >= 15 is 0 Å². The van der Waals surface area contributed by atoms with Gasteiger partial charge in [-0.2, -0.15) is 10.4 Å². The van der Waals surface area contributed by atoms with Crippen LogP contribution in [0.2, 0.25) is 0 Å². The SMILES string of the molecule is Cc1cc(C)c2c(c1)-c1c(c(C(=O)C(C#N)C(=O)Nc3ccccc3)nn1-c1ccccc1)CO2. The molecule has 7 heteroatoms. The molecular formula is C28H22N4O3. The van der Waals surface area contributed by atoms with Crippen molar-refractivity contribution in [1.29, 1.82) is 5.26 Å². The van der Waals surface area contributed by atoms with Crippen LogP contribution in [0.5, 0.6) is 5.75 Å². The smallest absolute Gasteiger partial charge is 0.249 e. The van der Waals surface area contributed by atoms with Gasteiger partial charge >= 0.3 is 0 Å². The normalized spacial score (nSPS) is 12.5. The van der Waals surface area contributed by atoms with Crippen LogP contribution in [0.1, 0.15) is 27.2 Å². The van der Waals surface area contributed by atoms with E-state index in [0.717, 1.165) is 33.8 Å². The number of aromatic nitrogens is 2. The molecule has 0 radical (unpaired) electrons. The average Bonchev–Trinajstić information content (AvgIpc) is 3.26. The van der Waals surface area contributed by atoms with Gasteiger partial charge in [0.25, 0.3) is 0 Å². The Kier molecular flexibility index (Phi) is 5.63. The summed E-state index contributed by atoms with van der Waals surface area (Å²) in [7, 11) is 0. The lowest BCUT2D eigenvalue weighted by atomic mass is 9.94. The highest BCUT2D eigenvalue weighted by Gasteiger charge is 2.36. The molecule has 1 unspecified atom stereocenters. The van der Waals surface area contributed by atoms with E-state index in [1.807, 2.05) is 68.4 Å². The van der Waals surface area contributed by atoms with Crippen molar-refractivity contribution in [1.82, 2.24) is 9.78 Å². The number of fused-ring (bicyclic) bond motifs is 3. The molecule has 172 valence electrons. The third kappa shape index (κ3) is 3.96. The predicted octanol–water partition coefficient (Wildman–Crippen LogP) is 5.01. The number of benzene rings is 3. The van der Waals surface area contributed by atoms with Crippen molar-refractivity contribution in [2.24, 2.45) is 5.92 Å². The predicted molar refractivity (Wildman–Crippen MR) is 131 cm³/mol. The molecular weight excluding hydrogens is 440 g/mol. The van der Waals surface area contributed by atoms with Gasteiger partial charge < -0.3 is 10.1 Å². The molecule has 1 atom stereocenters. The quantitative estimate of drug-likeness (QED) is 0.332. The Bertz CT molecular complexity index is 1480. The fourth-order valence-electron chi connectivity index (χ4n) is 4.39. The summed E-state index contributed by atoms with van der Waals surface area (Å²) in [5, 5.41) is 17.0. The number of para-hydroxylation sites is 2. The molecule has 2 heterocycles. The molecule has 1 aliphatic heterocycles. The van der Waals surface area contributed by atoms with Crippen LogP contribution < -0.4 is 10.1 Å². The Morgan fingerprint density at radius 3 is 2.43 bits per heavy atom. The van der Waals surface area contributed by atoms with E-state index in [1.165, 1.54) is 0 Å². The molecule has 0 fully saturated rings. The fraction of sp³-hybridized carbons (Fsp3) is 0.143. The minimum absolute atomic E-state index is 0.0587. The number of nitrogens with zero attached hydrogens (tertiary/aromatic N) is 3. The molecule has 7 nitrogen and oxygen atoms in total. The number of ketones is 1. The van der Waals surface area contributed by atoms with Crippen molar-refractivity contribution >= 4 is 17.4 Å². The maximum absolute atomic E-state index is 13.6. The first-order valence-electron chi connectivity index (χ1n) is 11.2. The van der Waals surface area contributed by atoms with E-state index in [1.54, 1.807) is 28.9 Å². The highest BCUT2D eigenvalue weighted by molar-refractivity contribution is 6.15. The minimum Gasteiger partial charge on any atom is -0.488 e. The lowest BCUT2D eigenvalue weighted by Crippen LogP contribution is -2.29. The van der Waals surface area contributed by atoms with Crippen LogP contribution in [0.4, 0.5) is 5.69 Å². The molecule has 0 spiro atoms. The van der Waals surface area contributed by atoms with Crippen LogP contribution in [0.25, 0.3) is 16.9 Å². The van der Waals surface area contributed by atoms with E-state index in [0.29, 0.717) is 11.3 Å². The third-order valence-electron chi connectivity index (χ3n) is 5.95. The second-order valence-corrected chi connectivity index (χ2v) is 8.45. The fourth-order valence-corrected chi connectivity index (χ4v) is 4.39. The summed E-state index contributed by atoms with van der Waals surface area (Å²) in [5.41, 5.74) is 5.46. The van der Waals surface area contributed by atoms with Crippen LogP contribution in [0.15, 0.2) is 72.8 Å². The molecule has 0 saturated heterocycles. The van der Waals surface area contributed by atoms with Gasteiger partial charge in [-0.25, -0.2) is 4.68 Å². The minimum atomic E-state index is -1.56. The maximum Gasteiger partial charge on any atom is 0.249 e. The van der Waals surface area contributed by atoms with Crippen LogP contribution in [0, 0.1) is 31.1 Å². The van der Waals surface area contributed by atoms with Gasteiger partial charge in [0.1, 0.15) is 18.1 Å². The van der Waals surface area contributed by atoms with Gasteiger partial charge in [0.05, 0.1) is 17.5 Å². The largest absolute Gasteiger partial charge is 0.488 e. The summed E-state index contributed by atoms with van der Waals surface area (Å²) >= 11 is 0. The van der Waals surface area contributed by atoms with Crippen molar-refractivity contribution in [2.45, 2.75) is 20.5 Å². The zero-order valence-corrected chi connectivity index (χ0v) is 19.3. The second-order valence-electron chi connectivity index (χ2n) is 8.45. The van der Waals surface area contributed by atoms with Crippen LogP contribution in [-0.4, -0.2) is 21.5 Å². The molecule has 1 amide bonds. The van der Waals surface area contributed by atoms with E-state index < -0.39 is 17.6 Å². The second kappa shape index (κ2) is 8.92. The number of aryl methyl sites for hydroxylation is 2. The number of ether oxygens (including phenoxy) is 1. The highest BCUT2D eigenvalue weighted by Crippen LogP contribution is 2.43. The number of nitrogens with one attached hydrogen (secondary N) is 1. The lowest BCUT2D eigenvalue weighted by Gasteiger charge is -2.22. The Labute approximate surface area is 202 Å². The number of Topliss-reactive ketones (excluding diaryl/α,β-unsaturated/α-hetero) is 1. The number of amides is 1. The zero-order valence-electron chi connectivity index (χ0n) is 19.3. The highest BCUT2D eigenvalue weighted by atomic mass is 16.5. The Balaban J connectivity index is 1.63. The number of hydrogen-bond acceptors (Lipinski definition) is 5. The molecule has 0 saturated carbocycles. The van der Waals surface area contributed by atoms with Crippen molar-refractivity contribution < 1.29 is 14.3 Å². The monoisotopic (exact) mass is 462 g/mol. The molecule has 0 bridgehead atoms. The first-order valence-corrected chi connectivity index (χ1v) is 11.2. The van der Waals surface area contributed by atoms with Gasteiger partial charge in [0.2, 0.25) is 11.7 Å². The topological polar surface area (TPSA) is 97.0 Å². The van der Waals surface area contributed by atoms with Crippen LogP contribution in [-0.2, 0) is 11.4 Å². The van der Waals surface area contributed by atoms with Gasteiger partial charge in [0.15, 0.2) is 5.92 Å². The van der Waals surface area contributed by atoms with E-state index in [2.05, 4.69) is 10.4 Å². The first kappa shape index (κ1) is 22.1. The molecule has 1 aliphatic rings. The molecule has 4 aromatic rings. The van der Waals surface area contributed by atoms with E-state index in [4.69, 9.17) is 4.74 Å². The summed E-state index contributed by atoms with van der Waals surface area (Å²) in [6.07, 6.45) is 0. The van der Waals surface area contributed by atoms with Gasteiger partial charge in [-0.1, -0.05) is 42.5 Å². The summed E-state index contributed by atoms with van der Waals surface area (Å²) in [6, 6.07) is 24.1. The molecule has 1 N–H and O–H groups in total. The van der Waals surface area contributed by atoms with Gasteiger partial charge in [-0.15, -0.1) is 0 Å². The molecule has 1 aromatic heterocycles.